The molecule has 0 saturated carbocycles. The minimum atomic E-state index is -0.232. The summed E-state index contributed by atoms with van der Waals surface area (Å²) in [5.41, 5.74) is 6.40. The zero-order valence-electron chi connectivity index (χ0n) is 9.86. The van der Waals surface area contributed by atoms with Gasteiger partial charge in [0.2, 0.25) is 0 Å². The predicted octanol–water partition coefficient (Wildman–Crippen LogP) is 0.157. The van der Waals surface area contributed by atoms with Crippen molar-refractivity contribution in [3.05, 3.63) is 11.9 Å². The average molecular weight is 226 g/mol. The van der Waals surface area contributed by atoms with Crippen LogP contribution in [0.1, 0.15) is 24.3 Å². The summed E-state index contributed by atoms with van der Waals surface area (Å²) in [6.45, 7) is 4.90. The minimum Gasteiger partial charge on any atom is -0.396 e. The monoisotopic (exact) mass is 226 g/mol. The van der Waals surface area contributed by atoms with Crippen LogP contribution in [0.25, 0.3) is 0 Å². The lowest BCUT2D eigenvalue weighted by molar-refractivity contribution is 0.0864. The summed E-state index contributed by atoms with van der Waals surface area (Å²) in [6.07, 6.45) is 1.46. The molecule has 1 atom stereocenters. The van der Waals surface area contributed by atoms with Gasteiger partial charge in [0.15, 0.2) is 0 Å². The lowest BCUT2D eigenvalue weighted by Gasteiger charge is -2.13. The van der Waals surface area contributed by atoms with E-state index in [0.717, 1.165) is 0 Å². The molecule has 0 bridgehead atoms. The molecule has 3 N–H and O–H groups in total. The molecule has 0 aliphatic rings. The van der Waals surface area contributed by atoms with E-state index in [4.69, 9.17) is 10.5 Å². The van der Waals surface area contributed by atoms with Crippen molar-refractivity contribution in [1.82, 2.24) is 15.1 Å². The molecular formula is C10H18N4O2. The van der Waals surface area contributed by atoms with Crippen molar-refractivity contribution in [1.29, 1.82) is 0 Å². The second-order valence-electron chi connectivity index (χ2n) is 3.61. The zero-order valence-corrected chi connectivity index (χ0v) is 9.86. The molecule has 1 aromatic rings. The van der Waals surface area contributed by atoms with Crippen LogP contribution in [0, 0.1) is 0 Å². The number of anilines is 1. The van der Waals surface area contributed by atoms with Gasteiger partial charge in [-0.1, -0.05) is 0 Å². The van der Waals surface area contributed by atoms with E-state index in [-0.39, 0.29) is 11.9 Å². The Morgan fingerprint density at radius 1 is 1.75 bits per heavy atom. The molecule has 0 spiro atoms. The van der Waals surface area contributed by atoms with Gasteiger partial charge in [-0.3, -0.25) is 9.48 Å². The van der Waals surface area contributed by atoms with Crippen molar-refractivity contribution >= 4 is 11.6 Å². The number of nitrogens with one attached hydrogen (secondary N) is 1. The molecule has 90 valence electrons. The van der Waals surface area contributed by atoms with Crippen LogP contribution in [0.3, 0.4) is 0 Å². The first kappa shape index (κ1) is 12.5. The molecule has 6 heteroatoms. The number of aryl methyl sites for hydroxylation is 1. The number of hydrogen-bond donors (Lipinski definition) is 2. The first-order valence-corrected chi connectivity index (χ1v) is 5.22. The number of carbonyl (C=O) groups excluding carboxylic acids is 1. The number of nitrogens with zero attached hydrogens (tertiary/aromatic N) is 2. The summed E-state index contributed by atoms with van der Waals surface area (Å²) in [6, 6.07) is -0.0539. The largest absolute Gasteiger partial charge is 0.396 e. The van der Waals surface area contributed by atoms with Crippen molar-refractivity contribution in [2.45, 2.75) is 19.9 Å². The lowest BCUT2D eigenvalue weighted by atomic mass is 10.3. The van der Waals surface area contributed by atoms with Gasteiger partial charge < -0.3 is 15.8 Å². The van der Waals surface area contributed by atoms with Crippen molar-refractivity contribution in [2.75, 3.05) is 18.9 Å². The Balaban J connectivity index is 2.59. The van der Waals surface area contributed by atoms with Gasteiger partial charge in [0, 0.05) is 19.7 Å². The number of nitrogens with two attached hydrogens (primary N) is 1. The van der Waals surface area contributed by atoms with Crippen LogP contribution >= 0.6 is 0 Å². The van der Waals surface area contributed by atoms with Crippen LogP contribution in [0.15, 0.2) is 6.20 Å². The van der Waals surface area contributed by atoms with Crippen LogP contribution in [0.4, 0.5) is 5.69 Å². The third-order valence-electron chi connectivity index (χ3n) is 2.13. The first-order valence-electron chi connectivity index (χ1n) is 5.22. The molecule has 1 heterocycles. The van der Waals surface area contributed by atoms with Crippen LogP contribution < -0.4 is 11.1 Å². The van der Waals surface area contributed by atoms with E-state index in [9.17, 15) is 4.79 Å². The van der Waals surface area contributed by atoms with Gasteiger partial charge >= 0.3 is 0 Å². The first-order chi connectivity index (χ1) is 7.56. The molecule has 1 aromatic heterocycles. The number of amides is 1. The van der Waals surface area contributed by atoms with Gasteiger partial charge in [0.05, 0.1) is 18.5 Å². The number of aromatic nitrogens is 2. The van der Waals surface area contributed by atoms with Crippen LogP contribution in [0.2, 0.25) is 0 Å². The Hall–Kier alpha value is -1.56. The summed E-state index contributed by atoms with van der Waals surface area (Å²) in [5.74, 6) is -0.232. The SMILES string of the molecule is CCOCC(C)NC(=O)c1c(N)cnn1C. The average Bonchev–Trinajstić information content (AvgIpc) is 2.55. The maximum atomic E-state index is 11.8. The topological polar surface area (TPSA) is 82.2 Å². The molecule has 1 rings (SSSR count). The summed E-state index contributed by atoms with van der Waals surface area (Å²) in [7, 11) is 1.68. The minimum absolute atomic E-state index is 0.0539. The normalized spacial score (nSPS) is 12.4. The van der Waals surface area contributed by atoms with Gasteiger partial charge in [-0.15, -0.1) is 0 Å². The van der Waals surface area contributed by atoms with Crippen molar-refractivity contribution in [3.63, 3.8) is 0 Å². The number of carbonyl (C=O) groups is 1. The molecule has 1 amide bonds. The van der Waals surface area contributed by atoms with Crippen LogP contribution in [-0.2, 0) is 11.8 Å². The molecule has 6 nitrogen and oxygen atoms in total. The van der Waals surface area contributed by atoms with Gasteiger partial charge in [-0.05, 0) is 13.8 Å². The maximum absolute atomic E-state index is 11.8. The third-order valence-corrected chi connectivity index (χ3v) is 2.13. The number of rotatable bonds is 5. The molecule has 16 heavy (non-hydrogen) atoms. The van der Waals surface area contributed by atoms with Crippen molar-refractivity contribution < 1.29 is 9.53 Å². The van der Waals surface area contributed by atoms with E-state index in [1.165, 1.54) is 10.9 Å². The van der Waals surface area contributed by atoms with Crippen molar-refractivity contribution in [2.24, 2.45) is 7.05 Å². The van der Waals surface area contributed by atoms with Gasteiger partial charge in [-0.2, -0.15) is 5.10 Å². The molecular weight excluding hydrogens is 208 g/mol. The van der Waals surface area contributed by atoms with E-state index in [1.54, 1.807) is 7.05 Å². The quantitative estimate of drug-likeness (QED) is 0.749. The predicted molar refractivity (Wildman–Crippen MR) is 61.0 cm³/mol. The molecule has 0 aliphatic heterocycles. The van der Waals surface area contributed by atoms with Gasteiger partial charge in [-0.25, -0.2) is 0 Å². The molecule has 0 fully saturated rings. The fraction of sp³-hybridized carbons (Fsp3) is 0.600. The van der Waals surface area contributed by atoms with Crippen molar-refractivity contribution in [3.8, 4) is 0 Å². The third kappa shape index (κ3) is 2.96. The van der Waals surface area contributed by atoms with Crippen LogP contribution in [0.5, 0.6) is 0 Å². The van der Waals surface area contributed by atoms with E-state index in [0.29, 0.717) is 24.6 Å². The standard InChI is InChI=1S/C10H18N4O2/c1-4-16-6-7(2)13-10(15)9-8(11)5-12-14(9)3/h5,7H,4,6,11H2,1-3H3,(H,13,15). The second-order valence-corrected chi connectivity index (χ2v) is 3.61. The summed E-state index contributed by atoms with van der Waals surface area (Å²) in [5, 5.41) is 6.70. The summed E-state index contributed by atoms with van der Waals surface area (Å²) in [4.78, 5) is 11.8. The highest BCUT2D eigenvalue weighted by Gasteiger charge is 2.16. The molecule has 0 aliphatic carbocycles. The Labute approximate surface area is 94.8 Å². The lowest BCUT2D eigenvalue weighted by Crippen LogP contribution is -2.37. The highest BCUT2D eigenvalue weighted by atomic mass is 16.5. The smallest absolute Gasteiger partial charge is 0.271 e. The fourth-order valence-corrected chi connectivity index (χ4v) is 1.36. The molecule has 0 radical (unpaired) electrons. The number of nitrogen functional groups attached to an aromatic ring is 1. The fourth-order valence-electron chi connectivity index (χ4n) is 1.36. The number of hydrogen-bond acceptors (Lipinski definition) is 4. The maximum Gasteiger partial charge on any atom is 0.271 e. The Kier molecular flexibility index (Phi) is 4.30. The Morgan fingerprint density at radius 3 is 2.94 bits per heavy atom. The number of ether oxygens (including phenoxy) is 1. The summed E-state index contributed by atoms with van der Waals surface area (Å²) >= 11 is 0. The van der Waals surface area contributed by atoms with E-state index in [2.05, 4.69) is 10.4 Å². The van der Waals surface area contributed by atoms with Crippen LogP contribution in [-0.4, -0.2) is 34.9 Å². The molecule has 0 aromatic carbocycles. The zero-order chi connectivity index (χ0) is 12.1. The molecule has 1 unspecified atom stereocenters. The molecule has 0 saturated heterocycles. The van der Waals surface area contributed by atoms with E-state index < -0.39 is 0 Å². The van der Waals surface area contributed by atoms with Gasteiger partial charge in [0.25, 0.3) is 5.91 Å². The highest BCUT2D eigenvalue weighted by Crippen LogP contribution is 2.08. The second kappa shape index (κ2) is 5.50. The highest BCUT2D eigenvalue weighted by molar-refractivity contribution is 5.97. The van der Waals surface area contributed by atoms with E-state index >= 15 is 0 Å². The van der Waals surface area contributed by atoms with Gasteiger partial charge in [0.1, 0.15) is 5.69 Å². The Bertz CT molecular complexity index is 342. The van der Waals surface area contributed by atoms with E-state index in [1.807, 2.05) is 13.8 Å². The Morgan fingerprint density at radius 2 is 2.44 bits per heavy atom. The summed E-state index contributed by atoms with van der Waals surface area (Å²) < 4.78 is 6.66.